The van der Waals surface area contributed by atoms with E-state index < -0.39 is 88.4 Å². The Morgan fingerprint density at radius 1 is 0.568 bits per heavy atom. The van der Waals surface area contributed by atoms with Crippen LogP contribution in [0.15, 0.2) is 60.7 Å². The minimum Gasteiger partial charge on any atom is -0.432 e. The van der Waals surface area contributed by atoms with Gasteiger partial charge in [0, 0.05) is 17.7 Å². The summed E-state index contributed by atoms with van der Waals surface area (Å²) in [6.45, 7) is 2.00. The molecule has 44 heavy (non-hydrogen) atoms. The van der Waals surface area contributed by atoms with Crippen LogP contribution < -0.4 is 9.47 Å². The lowest BCUT2D eigenvalue weighted by atomic mass is 9.99. The number of halogens is 11. The Labute approximate surface area is 243 Å². The van der Waals surface area contributed by atoms with Crippen LogP contribution in [0.1, 0.15) is 30.9 Å². The smallest absolute Gasteiger partial charge is 0.432 e. The molecule has 4 rings (SSSR count). The van der Waals surface area contributed by atoms with E-state index in [4.69, 9.17) is 0 Å². The van der Waals surface area contributed by atoms with E-state index in [1.54, 1.807) is 24.3 Å². The third-order valence-corrected chi connectivity index (χ3v) is 6.42. The third-order valence-electron chi connectivity index (χ3n) is 6.42. The van der Waals surface area contributed by atoms with E-state index in [9.17, 15) is 48.3 Å². The fraction of sp³-hybridized carbons (Fsp3) is 0.226. The van der Waals surface area contributed by atoms with Crippen LogP contribution in [0.3, 0.4) is 0 Å². The first-order valence-corrected chi connectivity index (χ1v) is 12.9. The van der Waals surface area contributed by atoms with Crippen molar-refractivity contribution >= 4 is 0 Å². The molecular formula is C31H21F11O2. The normalized spacial score (nSPS) is 12.0. The Bertz CT molecular complexity index is 1580. The predicted molar refractivity (Wildman–Crippen MR) is 138 cm³/mol. The van der Waals surface area contributed by atoms with E-state index in [2.05, 4.69) is 9.47 Å². The Morgan fingerprint density at radius 2 is 1.09 bits per heavy atom. The van der Waals surface area contributed by atoms with E-state index in [0.717, 1.165) is 30.5 Å². The highest BCUT2D eigenvalue weighted by molar-refractivity contribution is 5.67. The molecule has 0 radical (unpaired) electrons. The van der Waals surface area contributed by atoms with Crippen LogP contribution in [0.4, 0.5) is 48.3 Å². The van der Waals surface area contributed by atoms with E-state index in [-0.39, 0.29) is 29.8 Å². The van der Waals surface area contributed by atoms with Gasteiger partial charge in [0.05, 0.1) is 12.0 Å². The van der Waals surface area contributed by atoms with Gasteiger partial charge in [0.2, 0.25) is 5.75 Å². The summed E-state index contributed by atoms with van der Waals surface area (Å²) < 4.78 is 161. The lowest BCUT2D eigenvalue weighted by Crippen LogP contribution is -2.26. The summed E-state index contributed by atoms with van der Waals surface area (Å²) in [5, 5.41) is 0. The SMILES string of the molecule is CCCc1ccc(-c2cc(F)c(CCC(F)(F)Oc3cc(F)c(-c4cc(F)c(OC(F)(F)F)c(F)c4)c(F)c3)c(F)c2)cc1. The van der Waals surface area contributed by atoms with Crippen molar-refractivity contribution in [3.63, 3.8) is 0 Å². The van der Waals surface area contributed by atoms with Gasteiger partial charge in [0.15, 0.2) is 11.6 Å². The number of benzene rings is 4. The van der Waals surface area contributed by atoms with E-state index in [0.29, 0.717) is 5.56 Å². The summed E-state index contributed by atoms with van der Waals surface area (Å²) in [6.07, 6.45) is -10.1. The molecule has 0 saturated carbocycles. The number of aryl methyl sites for hydroxylation is 1. The average molecular weight is 634 g/mol. The first kappa shape index (κ1) is 32.6. The summed E-state index contributed by atoms with van der Waals surface area (Å²) in [6, 6.07) is 9.72. The average Bonchev–Trinajstić information content (AvgIpc) is 2.89. The second kappa shape index (κ2) is 12.7. The maximum atomic E-state index is 14.7. The van der Waals surface area contributed by atoms with Gasteiger partial charge in [-0.25, -0.2) is 26.3 Å². The second-order valence-corrected chi connectivity index (χ2v) is 9.68. The number of alkyl halides is 5. The Hall–Kier alpha value is -4.29. The van der Waals surface area contributed by atoms with Gasteiger partial charge in [0.1, 0.15) is 29.0 Å². The van der Waals surface area contributed by atoms with Crippen molar-refractivity contribution in [2.45, 2.75) is 45.1 Å². The fourth-order valence-electron chi connectivity index (χ4n) is 4.46. The van der Waals surface area contributed by atoms with Crippen LogP contribution in [0, 0.1) is 34.9 Å². The molecule has 0 aliphatic rings. The topological polar surface area (TPSA) is 18.5 Å². The first-order chi connectivity index (χ1) is 20.6. The molecule has 0 aliphatic carbocycles. The highest BCUT2D eigenvalue weighted by Crippen LogP contribution is 2.37. The standard InChI is InChI=1S/C31H21F11O2/c1-2-3-16-4-6-17(7-5-16)18-10-22(32)21(23(33)11-18)8-9-30(38,39)43-20-14-24(34)28(25(35)15-20)19-12-26(36)29(27(37)13-19)44-31(40,41)42/h4-7,10-15H,2-3,8-9H2,1H3. The van der Waals surface area contributed by atoms with Crippen LogP contribution in [0.25, 0.3) is 22.3 Å². The summed E-state index contributed by atoms with van der Waals surface area (Å²) in [5.74, 6) is -12.4. The van der Waals surface area contributed by atoms with Gasteiger partial charge in [-0.1, -0.05) is 37.6 Å². The molecule has 234 valence electrons. The van der Waals surface area contributed by atoms with Crippen LogP contribution in [-0.2, 0) is 12.8 Å². The zero-order valence-corrected chi connectivity index (χ0v) is 22.6. The van der Waals surface area contributed by atoms with Crippen molar-refractivity contribution in [2.24, 2.45) is 0 Å². The van der Waals surface area contributed by atoms with Gasteiger partial charge in [-0.05, 0) is 59.4 Å². The number of hydrogen-bond donors (Lipinski definition) is 0. The van der Waals surface area contributed by atoms with Crippen LogP contribution in [-0.4, -0.2) is 12.5 Å². The molecule has 13 heteroatoms. The first-order valence-electron chi connectivity index (χ1n) is 12.9. The molecule has 0 atom stereocenters. The maximum absolute atomic E-state index is 14.7. The van der Waals surface area contributed by atoms with Crippen molar-refractivity contribution in [3.05, 3.63) is 107 Å². The molecule has 0 amide bonds. The molecule has 0 bridgehead atoms. The highest BCUT2D eigenvalue weighted by Gasteiger charge is 2.35. The molecule has 0 aliphatic heterocycles. The zero-order valence-electron chi connectivity index (χ0n) is 22.6. The summed E-state index contributed by atoms with van der Waals surface area (Å²) >= 11 is 0. The van der Waals surface area contributed by atoms with Gasteiger partial charge in [0.25, 0.3) is 0 Å². The Balaban J connectivity index is 1.49. The largest absolute Gasteiger partial charge is 0.573 e. The van der Waals surface area contributed by atoms with Crippen molar-refractivity contribution in [2.75, 3.05) is 0 Å². The summed E-state index contributed by atoms with van der Waals surface area (Å²) in [5.41, 5.74) is -1.03. The van der Waals surface area contributed by atoms with Crippen molar-refractivity contribution in [1.29, 1.82) is 0 Å². The molecule has 0 fully saturated rings. The van der Waals surface area contributed by atoms with Crippen LogP contribution in [0.2, 0.25) is 0 Å². The van der Waals surface area contributed by atoms with Gasteiger partial charge in [-0.2, -0.15) is 8.78 Å². The minimum absolute atomic E-state index is 0.149. The fourth-order valence-corrected chi connectivity index (χ4v) is 4.46. The van der Waals surface area contributed by atoms with E-state index in [1.165, 1.54) is 0 Å². The van der Waals surface area contributed by atoms with Crippen molar-refractivity contribution in [1.82, 2.24) is 0 Å². The quantitative estimate of drug-likeness (QED) is 0.162. The van der Waals surface area contributed by atoms with Gasteiger partial charge in [-0.3, -0.25) is 0 Å². The zero-order chi connectivity index (χ0) is 32.4. The number of rotatable bonds is 10. The molecule has 0 heterocycles. The Kier molecular flexibility index (Phi) is 9.45. The maximum Gasteiger partial charge on any atom is 0.573 e. The summed E-state index contributed by atoms with van der Waals surface area (Å²) in [4.78, 5) is 0. The molecule has 0 N–H and O–H groups in total. The molecule has 4 aromatic carbocycles. The Morgan fingerprint density at radius 3 is 1.59 bits per heavy atom. The van der Waals surface area contributed by atoms with Crippen LogP contribution in [0.5, 0.6) is 11.5 Å². The van der Waals surface area contributed by atoms with Gasteiger partial charge < -0.3 is 9.47 Å². The summed E-state index contributed by atoms with van der Waals surface area (Å²) in [7, 11) is 0. The molecule has 0 aromatic heterocycles. The molecule has 0 spiro atoms. The molecule has 4 aromatic rings. The lowest BCUT2D eigenvalue weighted by molar-refractivity contribution is -0.276. The minimum atomic E-state index is -5.47. The van der Waals surface area contributed by atoms with E-state index >= 15 is 0 Å². The number of hydrogen-bond acceptors (Lipinski definition) is 2. The number of ether oxygens (including phenoxy) is 2. The van der Waals surface area contributed by atoms with Gasteiger partial charge >= 0.3 is 12.5 Å². The molecule has 0 unspecified atom stereocenters. The molecular weight excluding hydrogens is 613 g/mol. The second-order valence-electron chi connectivity index (χ2n) is 9.68. The van der Waals surface area contributed by atoms with Crippen molar-refractivity contribution < 1.29 is 57.8 Å². The van der Waals surface area contributed by atoms with Gasteiger partial charge in [-0.15, -0.1) is 13.2 Å². The van der Waals surface area contributed by atoms with E-state index in [1.807, 2.05) is 6.92 Å². The monoisotopic (exact) mass is 634 g/mol. The molecule has 2 nitrogen and oxygen atoms in total. The lowest BCUT2D eigenvalue weighted by Gasteiger charge is -2.19. The molecule has 0 saturated heterocycles. The predicted octanol–water partition coefficient (Wildman–Crippen LogP) is 10.3. The van der Waals surface area contributed by atoms with Crippen LogP contribution >= 0.6 is 0 Å². The van der Waals surface area contributed by atoms with Crippen molar-refractivity contribution in [3.8, 4) is 33.8 Å². The highest BCUT2D eigenvalue weighted by atomic mass is 19.4. The third kappa shape index (κ3) is 7.80.